The SMILES string of the molecule is C.CN1CCCc2ccccc21.CN1CCc2ccccc21.CN1CCc2ccccc2C1.CN1CCn2cccc2C1.CN1Cc2ccccc2C1. The topological polar surface area (TPSA) is 21.1 Å². The number of para-hydroxylation sites is 2. The number of aromatic nitrogens is 1. The van der Waals surface area contributed by atoms with Crippen LogP contribution in [0.1, 0.15) is 52.9 Å². The Bertz CT molecular complexity index is 1820. The maximum atomic E-state index is 2.36. The van der Waals surface area contributed by atoms with E-state index in [1.165, 1.54) is 102 Å². The molecular weight excluding hydrogens is 649 g/mol. The van der Waals surface area contributed by atoms with Crippen LogP contribution in [0.25, 0.3) is 0 Å². The number of nitrogens with zero attached hydrogens (tertiary/aromatic N) is 6. The van der Waals surface area contributed by atoms with Gasteiger partial charge in [-0.3, -0.25) is 9.80 Å². The zero-order chi connectivity index (χ0) is 36.3. The highest BCUT2D eigenvalue weighted by molar-refractivity contribution is 5.57. The van der Waals surface area contributed by atoms with E-state index in [1.54, 1.807) is 0 Å². The molecule has 0 unspecified atom stereocenters. The van der Waals surface area contributed by atoms with E-state index in [9.17, 15) is 0 Å². The summed E-state index contributed by atoms with van der Waals surface area (Å²) in [4.78, 5) is 11.7. The number of hydrogen-bond acceptors (Lipinski definition) is 5. The number of aryl methyl sites for hydroxylation is 1. The first kappa shape index (κ1) is 39.8. The minimum atomic E-state index is 0. The molecule has 6 heterocycles. The molecule has 0 aliphatic carbocycles. The summed E-state index contributed by atoms with van der Waals surface area (Å²) >= 11 is 0. The Morgan fingerprint density at radius 3 is 1.47 bits per heavy atom. The molecule has 0 fully saturated rings. The molecule has 6 nitrogen and oxygen atoms in total. The van der Waals surface area contributed by atoms with Crippen LogP contribution in [0.15, 0.2) is 115 Å². The molecule has 0 spiro atoms. The van der Waals surface area contributed by atoms with Crippen LogP contribution in [0.3, 0.4) is 0 Å². The molecule has 0 atom stereocenters. The standard InChI is InChI=1S/2C10H13N.2C9H11N.C8H12N2.CH4/c1-11-8-4-6-9-5-2-3-7-10(9)11;1-11-7-6-9-4-2-3-5-10(9)8-11;1-10-6-8-4-2-3-5-9(8)7-10;1-10-7-6-8-4-2-3-5-9(8)10;1-9-5-6-10-4-2-3-8(10)7-9;/h2-3,5,7H,4,6,8H2,1H3;2-5H,6-8H2,1H3;2*2-5H,6-7H2,1H3;2-4H,5-7H2,1H3;1H4. The monoisotopic (exact) mass is 713 g/mol. The number of benzene rings is 4. The van der Waals surface area contributed by atoms with Gasteiger partial charge in [-0.15, -0.1) is 0 Å². The summed E-state index contributed by atoms with van der Waals surface area (Å²) in [6.45, 7) is 10.4. The third kappa shape index (κ3) is 11.1. The summed E-state index contributed by atoms with van der Waals surface area (Å²) in [5, 5.41) is 0. The lowest BCUT2D eigenvalue weighted by Crippen LogP contribution is -2.29. The van der Waals surface area contributed by atoms with Gasteiger partial charge in [-0.1, -0.05) is 92.4 Å². The van der Waals surface area contributed by atoms with Crippen LogP contribution in [-0.2, 0) is 52.0 Å². The minimum Gasteiger partial charge on any atom is -0.374 e. The van der Waals surface area contributed by atoms with E-state index < -0.39 is 0 Å². The van der Waals surface area contributed by atoms with Gasteiger partial charge in [0.15, 0.2) is 0 Å². The molecule has 6 heteroatoms. The summed E-state index contributed by atoms with van der Waals surface area (Å²) in [6.07, 6.45) is 7.13. The van der Waals surface area contributed by atoms with Crippen molar-refractivity contribution in [3.05, 3.63) is 154 Å². The van der Waals surface area contributed by atoms with Gasteiger partial charge in [0.1, 0.15) is 0 Å². The summed E-state index contributed by atoms with van der Waals surface area (Å²) in [7, 11) is 10.8. The largest absolute Gasteiger partial charge is 0.374 e. The highest BCUT2D eigenvalue weighted by Crippen LogP contribution is 2.26. The van der Waals surface area contributed by atoms with Crippen molar-refractivity contribution >= 4 is 11.4 Å². The molecule has 0 saturated heterocycles. The van der Waals surface area contributed by atoms with E-state index in [0.717, 1.165) is 32.7 Å². The smallest absolute Gasteiger partial charge is 0.0396 e. The highest BCUT2D eigenvalue weighted by Gasteiger charge is 2.15. The van der Waals surface area contributed by atoms with Crippen LogP contribution in [0.2, 0.25) is 0 Å². The van der Waals surface area contributed by atoms with Crippen molar-refractivity contribution in [2.24, 2.45) is 0 Å². The van der Waals surface area contributed by atoms with E-state index in [4.69, 9.17) is 0 Å². The fourth-order valence-electron chi connectivity index (χ4n) is 7.81. The second-order valence-corrected chi connectivity index (χ2v) is 15.1. The molecule has 282 valence electrons. The van der Waals surface area contributed by atoms with Crippen LogP contribution in [0, 0.1) is 0 Å². The molecule has 5 aliphatic rings. The van der Waals surface area contributed by atoms with Gasteiger partial charge in [-0.25, -0.2) is 0 Å². The first-order valence-corrected chi connectivity index (χ1v) is 19.3. The van der Waals surface area contributed by atoms with E-state index in [-0.39, 0.29) is 7.43 Å². The molecule has 0 bridgehead atoms. The van der Waals surface area contributed by atoms with Gasteiger partial charge in [-0.2, -0.15) is 0 Å². The van der Waals surface area contributed by atoms with E-state index >= 15 is 0 Å². The molecule has 5 aromatic rings. The van der Waals surface area contributed by atoms with Gasteiger partial charge in [-0.05, 0) is 104 Å². The van der Waals surface area contributed by atoms with Crippen molar-refractivity contribution < 1.29 is 0 Å². The lowest BCUT2D eigenvalue weighted by Gasteiger charge is -2.26. The van der Waals surface area contributed by atoms with Gasteiger partial charge in [0.25, 0.3) is 0 Å². The molecule has 0 N–H and O–H groups in total. The second kappa shape index (κ2) is 19.6. The van der Waals surface area contributed by atoms with Gasteiger partial charge in [0.05, 0.1) is 0 Å². The molecule has 4 aromatic carbocycles. The maximum absolute atomic E-state index is 2.36. The normalized spacial score (nSPS) is 16.8. The molecule has 53 heavy (non-hydrogen) atoms. The molecule has 5 aliphatic heterocycles. The van der Waals surface area contributed by atoms with Crippen LogP contribution in [-0.4, -0.2) is 80.7 Å². The number of likely N-dealkylation sites (N-methyl/N-ethyl adjacent to an activating group) is 3. The predicted molar refractivity (Wildman–Crippen MR) is 227 cm³/mol. The molecular formula is C47H64N6. The molecule has 0 radical (unpaired) electrons. The van der Waals surface area contributed by atoms with Crippen LogP contribution in [0.4, 0.5) is 11.4 Å². The van der Waals surface area contributed by atoms with Gasteiger partial charge in [0.2, 0.25) is 0 Å². The Hall–Kier alpha value is -4.36. The first-order chi connectivity index (χ1) is 25.3. The Labute approximate surface area is 321 Å². The number of fused-ring (bicyclic) bond motifs is 5. The zero-order valence-electron chi connectivity index (χ0n) is 32.3. The van der Waals surface area contributed by atoms with Crippen LogP contribution >= 0.6 is 0 Å². The molecule has 1 aromatic heterocycles. The van der Waals surface area contributed by atoms with E-state index in [0.29, 0.717) is 0 Å². The Morgan fingerprint density at radius 2 is 0.849 bits per heavy atom. The average Bonchev–Trinajstić information content (AvgIpc) is 3.90. The Morgan fingerprint density at radius 1 is 0.377 bits per heavy atom. The molecule has 0 amide bonds. The lowest BCUT2D eigenvalue weighted by molar-refractivity contribution is 0.270. The van der Waals surface area contributed by atoms with Crippen molar-refractivity contribution in [2.45, 2.75) is 65.8 Å². The summed E-state index contributed by atoms with van der Waals surface area (Å²) in [5.41, 5.74) is 13.3. The maximum Gasteiger partial charge on any atom is 0.0396 e. The van der Waals surface area contributed by atoms with Crippen LogP contribution in [0.5, 0.6) is 0 Å². The zero-order valence-corrected chi connectivity index (χ0v) is 32.3. The Balaban J connectivity index is 0.000000127. The number of hydrogen-bond donors (Lipinski definition) is 0. The quantitative estimate of drug-likeness (QED) is 0.160. The third-order valence-corrected chi connectivity index (χ3v) is 10.9. The highest BCUT2D eigenvalue weighted by atomic mass is 15.2. The average molecular weight is 713 g/mol. The minimum absolute atomic E-state index is 0. The first-order valence-electron chi connectivity index (χ1n) is 19.3. The predicted octanol–water partition coefficient (Wildman–Crippen LogP) is 8.62. The summed E-state index contributed by atoms with van der Waals surface area (Å²) in [6, 6.07) is 38.9. The Kier molecular flexibility index (Phi) is 14.8. The van der Waals surface area contributed by atoms with Crippen molar-refractivity contribution in [3.8, 4) is 0 Å². The van der Waals surface area contributed by atoms with Crippen molar-refractivity contribution in [1.29, 1.82) is 0 Å². The third-order valence-electron chi connectivity index (χ3n) is 10.9. The van der Waals surface area contributed by atoms with Crippen molar-refractivity contribution in [1.82, 2.24) is 19.3 Å². The summed E-state index contributed by atoms with van der Waals surface area (Å²) in [5.74, 6) is 0. The number of rotatable bonds is 0. The fourth-order valence-corrected chi connectivity index (χ4v) is 7.81. The fraction of sp³-hybridized carbons (Fsp3) is 0.404. The second-order valence-electron chi connectivity index (χ2n) is 15.1. The van der Waals surface area contributed by atoms with Gasteiger partial charge in [0, 0.05) is 96.3 Å². The lowest BCUT2D eigenvalue weighted by atomic mass is 10.0. The molecule has 0 saturated carbocycles. The number of anilines is 2. The van der Waals surface area contributed by atoms with Crippen molar-refractivity contribution in [3.63, 3.8) is 0 Å². The van der Waals surface area contributed by atoms with Gasteiger partial charge >= 0.3 is 0 Å². The molecule has 10 rings (SSSR count). The van der Waals surface area contributed by atoms with Gasteiger partial charge < -0.3 is 19.3 Å². The van der Waals surface area contributed by atoms with Crippen molar-refractivity contribution in [2.75, 3.05) is 71.2 Å². The van der Waals surface area contributed by atoms with E-state index in [2.05, 4.69) is 180 Å². The van der Waals surface area contributed by atoms with Crippen LogP contribution < -0.4 is 9.80 Å². The summed E-state index contributed by atoms with van der Waals surface area (Å²) < 4.78 is 2.32. The van der Waals surface area contributed by atoms with E-state index in [1.807, 2.05) is 0 Å².